The van der Waals surface area contributed by atoms with Gasteiger partial charge in [-0.1, -0.05) is 0 Å². The number of nitrogens with one attached hydrogen (secondary N) is 1. The van der Waals surface area contributed by atoms with E-state index in [9.17, 15) is 39.0 Å². The van der Waals surface area contributed by atoms with Crippen molar-refractivity contribution in [1.82, 2.24) is 15.1 Å². The lowest BCUT2D eigenvalue weighted by molar-refractivity contribution is -0.181. The Kier molecular flexibility index (Phi) is 8.08. The molecule has 2 aromatic rings. The Bertz CT molecular complexity index is 1580. The second kappa shape index (κ2) is 11.4. The van der Waals surface area contributed by atoms with Gasteiger partial charge in [0.2, 0.25) is 5.91 Å². The Hall–Kier alpha value is -4.20. The normalized spacial score (nSPS) is 28.1. The largest absolute Gasteiger partial charge is 0.507 e. The third kappa shape index (κ3) is 4.84. The first-order valence-corrected chi connectivity index (χ1v) is 14.4. The molecule has 3 aliphatic rings. The van der Waals surface area contributed by atoms with Crippen LogP contribution in [-0.4, -0.2) is 108 Å². The van der Waals surface area contributed by atoms with Crippen LogP contribution in [0.25, 0.3) is 11.3 Å². The summed E-state index contributed by atoms with van der Waals surface area (Å²) in [5.41, 5.74) is 3.22. The van der Waals surface area contributed by atoms with Crippen LogP contribution in [0, 0.1) is 23.7 Å². The van der Waals surface area contributed by atoms with E-state index >= 15 is 0 Å². The third-order valence-corrected chi connectivity index (χ3v) is 9.11. The zero-order chi connectivity index (χ0) is 32.2. The fraction of sp³-hybridized carbons (Fsp3) is 0.484. The number of hydrogen-bond donors (Lipinski definition) is 4. The third-order valence-electron chi connectivity index (χ3n) is 9.11. The van der Waals surface area contributed by atoms with Gasteiger partial charge in [-0.3, -0.25) is 33.7 Å². The maximum absolute atomic E-state index is 14.0. The lowest BCUT2D eigenvalue weighted by Gasteiger charge is -2.52. The summed E-state index contributed by atoms with van der Waals surface area (Å²) in [6.07, 6.45) is 0.742. The lowest BCUT2D eigenvalue weighted by atomic mass is 9.52. The fourth-order valence-corrected chi connectivity index (χ4v) is 7.12. The first-order valence-electron chi connectivity index (χ1n) is 14.4. The number of fused-ring (bicyclic) bond motifs is 3. The maximum Gasteiger partial charge on any atom is 0.287 e. The van der Waals surface area contributed by atoms with Crippen LogP contribution in [0.15, 0.2) is 28.7 Å². The van der Waals surface area contributed by atoms with E-state index in [4.69, 9.17) is 10.2 Å². The monoisotopic (exact) mass is 608 g/mol. The number of furan rings is 1. The second-order valence-corrected chi connectivity index (χ2v) is 12.4. The molecule has 5 N–H and O–H groups in total. The summed E-state index contributed by atoms with van der Waals surface area (Å²) < 4.78 is 5.86. The van der Waals surface area contributed by atoms with Crippen molar-refractivity contribution in [2.45, 2.75) is 30.9 Å². The van der Waals surface area contributed by atoms with E-state index < -0.39 is 76.0 Å². The highest BCUT2D eigenvalue weighted by molar-refractivity contribution is 6.32. The number of ketones is 4. The summed E-state index contributed by atoms with van der Waals surface area (Å²) >= 11 is 0. The van der Waals surface area contributed by atoms with Gasteiger partial charge in [0.15, 0.2) is 40.4 Å². The number of Topliss-reactive ketones (excluding diaryl/α,β-unsaturated/α-hetero) is 4. The number of nitrogens with two attached hydrogens (primary N) is 1. The smallest absolute Gasteiger partial charge is 0.287 e. The summed E-state index contributed by atoms with van der Waals surface area (Å²) in [6.45, 7) is 1.24. The summed E-state index contributed by atoms with van der Waals surface area (Å²) in [5.74, 6) is -11.3. The minimum absolute atomic E-state index is 0.0571. The molecule has 1 heterocycles. The Balaban J connectivity index is 1.51. The van der Waals surface area contributed by atoms with Crippen LogP contribution in [0.3, 0.4) is 0 Å². The van der Waals surface area contributed by atoms with E-state index in [1.54, 1.807) is 12.1 Å². The number of aromatic hydroxyl groups is 1. The number of carbonyl (C=O) groups excluding carboxylic acids is 6. The second-order valence-electron chi connectivity index (χ2n) is 12.4. The zero-order valence-electron chi connectivity index (χ0n) is 25.0. The first kappa shape index (κ1) is 31.2. The summed E-state index contributed by atoms with van der Waals surface area (Å²) in [4.78, 5) is 82.8. The average Bonchev–Trinajstić information content (AvgIpc) is 3.43. The highest BCUT2D eigenvalue weighted by Gasteiger charge is 2.69. The van der Waals surface area contributed by atoms with Crippen LogP contribution in [0.1, 0.15) is 39.3 Å². The number of aliphatic hydroxyl groups is 1. The molecule has 13 nitrogen and oxygen atoms in total. The predicted molar refractivity (Wildman–Crippen MR) is 155 cm³/mol. The summed E-state index contributed by atoms with van der Waals surface area (Å²) in [5, 5.41) is 25.3. The number of hydrogen-bond acceptors (Lipinski definition) is 11. The van der Waals surface area contributed by atoms with Crippen molar-refractivity contribution in [3.63, 3.8) is 0 Å². The molecule has 44 heavy (non-hydrogen) atoms. The van der Waals surface area contributed by atoms with Gasteiger partial charge in [-0.05, 0) is 89.7 Å². The number of rotatable bonds is 8. The molecule has 0 aliphatic heterocycles. The standard InChI is InChI=1S/C31H36N4O9/c1-34(2)11-5-10-33-30(42)20-9-8-19(44-20)15-6-7-18(36)22-16(15)12-14-13-17-24(35(3)4)26(38)23(29(32)41)28(40)31(17,43)27(39)21(14)25(22)37/h6-9,14,17,21,23-24,36,43H,5,10-13H2,1-4H3,(H2,32,41)(H,33,42)/t14-,17-,21?,23?,24-,31-/m0/s1. The predicted octanol–water partition coefficient (Wildman–Crippen LogP) is -0.191. The molecule has 13 heteroatoms. The van der Waals surface area contributed by atoms with Crippen LogP contribution >= 0.6 is 0 Å². The molecule has 3 aliphatic carbocycles. The van der Waals surface area contributed by atoms with Crippen LogP contribution < -0.4 is 11.1 Å². The SMILES string of the molecule is CN(C)CCCNC(=O)c1ccc(-c2ccc(O)c3c2C[C@H]2C[C@H]4[C@H](N(C)C)C(=O)C(C(N)=O)C(=O)[C@@]4(O)C(=O)C2C3=O)o1. The van der Waals surface area contributed by atoms with Gasteiger partial charge in [0.25, 0.3) is 5.91 Å². The molecule has 1 aromatic heterocycles. The summed E-state index contributed by atoms with van der Waals surface area (Å²) in [7, 11) is 6.92. The van der Waals surface area contributed by atoms with Crippen molar-refractivity contribution in [2.24, 2.45) is 29.4 Å². The van der Waals surface area contributed by atoms with Gasteiger partial charge in [0.1, 0.15) is 11.5 Å². The number of benzene rings is 1. The van der Waals surface area contributed by atoms with E-state index in [0.29, 0.717) is 17.7 Å². The van der Waals surface area contributed by atoms with Crippen molar-refractivity contribution in [3.05, 3.63) is 41.2 Å². The lowest BCUT2D eigenvalue weighted by Crippen LogP contribution is -2.74. The Morgan fingerprint density at radius 2 is 1.77 bits per heavy atom. The highest BCUT2D eigenvalue weighted by atomic mass is 16.4. The number of likely N-dealkylation sites (N-methyl/N-ethyl adjacent to an activating group) is 1. The molecule has 0 bridgehead atoms. The Morgan fingerprint density at radius 3 is 2.41 bits per heavy atom. The molecule has 2 amide bonds. The quantitative estimate of drug-likeness (QED) is 0.229. The molecule has 6 atom stereocenters. The topological polar surface area (TPSA) is 201 Å². The molecule has 1 aromatic carbocycles. The fourth-order valence-electron chi connectivity index (χ4n) is 7.12. The number of primary amides is 1. The Morgan fingerprint density at radius 1 is 1.07 bits per heavy atom. The van der Waals surface area contributed by atoms with Crippen molar-refractivity contribution < 1.29 is 43.4 Å². The van der Waals surface area contributed by atoms with Crippen LogP contribution in [0.4, 0.5) is 0 Å². The van der Waals surface area contributed by atoms with Gasteiger partial charge in [0, 0.05) is 18.0 Å². The van der Waals surface area contributed by atoms with Crippen LogP contribution in [-0.2, 0) is 25.6 Å². The molecular formula is C31H36N4O9. The average molecular weight is 609 g/mol. The van der Waals surface area contributed by atoms with Crippen molar-refractivity contribution in [3.8, 4) is 17.1 Å². The van der Waals surface area contributed by atoms with E-state index in [-0.39, 0.29) is 29.9 Å². The molecule has 0 saturated heterocycles. The van der Waals surface area contributed by atoms with Crippen molar-refractivity contribution in [2.75, 3.05) is 41.3 Å². The Labute approximate surface area is 253 Å². The van der Waals surface area contributed by atoms with Gasteiger partial charge in [-0.15, -0.1) is 0 Å². The molecule has 0 spiro atoms. The van der Waals surface area contributed by atoms with Crippen LogP contribution in [0.2, 0.25) is 0 Å². The summed E-state index contributed by atoms with van der Waals surface area (Å²) in [6, 6.07) is 4.71. The minimum Gasteiger partial charge on any atom is -0.507 e. The van der Waals surface area contributed by atoms with E-state index in [1.807, 2.05) is 19.0 Å². The van der Waals surface area contributed by atoms with E-state index in [0.717, 1.165) is 13.0 Å². The van der Waals surface area contributed by atoms with Crippen LogP contribution in [0.5, 0.6) is 5.75 Å². The maximum atomic E-state index is 14.0. The molecule has 2 saturated carbocycles. The number of nitrogens with zero attached hydrogens (tertiary/aromatic N) is 2. The molecule has 0 radical (unpaired) electrons. The minimum atomic E-state index is -2.79. The van der Waals surface area contributed by atoms with E-state index in [2.05, 4.69) is 5.32 Å². The van der Waals surface area contributed by atoms with E-state index in [1.165, 1.54) is 31.1 Å². The molecule has 2 unspecified atom stereocenters. The van der Waals surface area contributed by atoms with Crippen molar-refractivity contribution >= 4 is 34.9 Å². The number of amides is 2. The first-order chi connectivity index (χ1) is 20.7. The van der Waals surface area contributed by atoms with Gasteiger partial charge < -0.3 is 30.6 Å². The molecule has 234 valence electrons. The number of phenols is 1. The number of carbonyl (C=O) groups is 6. The number of phenolic OH excluding ortho intramolecular Hbond substituents is 1. The van der Waals surface area contributed by atoms with Gasteiger partial charge in [0.05, 0.1) is 17.5 Å². The van der Waals surface area contributed by atoms with Gasteiger partial charge in [-0.2, -0.15) is 0 Å². The van der Waals surface area contributed by atoms with Crippen molar-refractivity contribution in [1.29, 1.82) is 0 Å². The molecule has 2 fully saturated rings. The molecule has 5 rings (SSSR count). The van der Waals surface area contributed by atoms with Gasteiger partial charge >= 0.3 is 0 Å². The zero-order valence-corrected chi connectivity index (χ0v) is 25.0. The van der Waals surface area contributed by atoms with Gasteiger partial charge in [-0.25, -0.2) is 0 Å². The highest BCUT2D eigenvalue weighted by Crippen LogP contribution is 2.51. The molecular weight excluding hydrogens is 572 g/mol.